The lowest BCUT2D eigenvalue weighted by molar-refractivity contribution is 0.0481. The van der Waals surface area contributed by atoms with Crippen LogP contribution in [0, 0.1) is 13.8 Å². The minimum absolute atomic E-state index is 0.0635. The van der Waals surface area contributed by atoms with Crippen LogP contribution in [0.1, 0.15) is 69.9 Å². The molecule has 0 aliphatic heterocycles. The number of hydrogen-bond donors (Lipinski definition) is 3. The molecular formula is C24H27N3O5. The number of fused-ring (bicyclic) bond motifs is 1. The van der Waals surface area contributed by atoms with Gasteiger partial charge in [-0.2, -0.15) is 0 Å². The van der Waals surface area contributed by atoms with E-state index in [9.17, 15) is 14.7 Å². The van der Waals surface area contributed by atoms with Crippen molar-refractivity contribution in [2.24, 2.45) is 0 Å². The lowest BCUT2D eigenvalue weighted by Crippen LogP contribution is -2.16. The van der Waals surface area contributed by atoms with Crippen molar-refractivity contribution in [2.45, 2.75) is 52.6 Å². The van der Waals surface area contributed by atoms with Gasteiger partial charge in [-0.05, 0) is 97.6 Å². The Morgan fingerprint density at radius 3 is 2.72 bits per heavy atom. The number of ether oxygens (including phenoxy) is 1. The standard InChI is InChI=1S/C24H27N3O5/c1-4-31-20-7-5-6-17-15(8-9-19(28)21(17)20)12-18-13(2)10-16(11-14(18)3)25-23(29)22-26-24(30)32-27-22/h8-11,20,28H,4-7,12H2,1-3H3,(H,25,29)(H,26,27,30)/t20-/m1/s1. The minimum Gasteiger partial charge on any atom is -0.508 e. The third-order valence-electron chi connectivity index (χ3n) is 5.99. The van der Waals surface area contributed by atoms with Crippen molar-refractivity contribution in [3.8, 4) is 5.75 Å². The molecule has 1 aromatic heterocycles. The number of aromatic nitrogens is 2. The van der Waals surface area contributed by atoms with E-state index in [4.69, 9.17) is 4.74 Å². The molecule has 1 amide bonds. The first-order valence-electron chi connectivity index (χ1n) is 10.8. The number of phenols is 1. The molecule has 1 atom stereocenters. The zero-order valence-electron chi connectivity index (χ0n) is 18.4. The molecule has 0 spiro atoms. The number of aromatic amines is 1. The summed E-state index contributed by atoms with van der Waals surface area (Å²) in [6.45, 7) is 6.60. The SMILES string of the molecule is CCO[C@@H]1CCCc2c(Cc3c(C)cc(NC(=O)c4noc(=O)[nH]4)cc3C)ccc(O)c21. The molecule has 168 valence electrons. The largest absolute Gasteiger partial charge is 0.508 e. The van der Waals surface area contributed by atoms with Crippen molar-refractivity contribution < 1.29 is 19.2 Å². The number of carbonyl (C=O) groups is 1. The van der Waals surface area contributed by atoms with Crippen LogP contribution in [-0.4, -0.2) is 27.8 Å². The predicted molar refractivity (Wildman–Crippen MR) is 119 cm³/mol. The van der Waals surface area contributed by atoms with E-state index in [0.29, 0.717) is 18.0 Å². The van der Waals surface area contributed by atoms with E-state index in [2.05, 4.69) is 20.0 Å². The second-order valence-corrected chi connectivity index (χ2v) is 8.14. The van der Waals surface area contributed by atoms with Gasteiger partial charge in [-0.1, -0.05) is 6.07 Å². The number of nitrogens with zero attached hydrogens (tertiary/aromatic N) is 1. The third kappa shape index (κ3) is 4.31. The molecule has 0 fully saturated rings. The van der Waals surface area contributed by atoms with E-state index in [1.807, 2.05) is 39.0 Å². The van der Waals surface area contributed by atoms with E-state index in [0.717, 1.165) is 42.4 Å². The summed E-state index contributed by atoms with van der Waals surface area (Å²) in [5.74, 6) is -1.19. The van der Waals surface area contributed by atoms with E-state index in [-0.39, 0.29) is 11.9 Å². The number of anilines is 1. The van der Waals surface area contributed by atoms with Gasteiger partial charge >= 0.3 is 5.76 Å². The lowest BCUT2D eigenvalue weighted by Gasteiger charge is -2.28. The highest BCUT2D eigenvalue weighted by Crippen LogP contribution is 2.40. The monoisotopic (exact) mass is 437 g/mol. The Labute approximate surface area is 185 Å². The van der Waals surface area contributed by atoms with E-state index in [1.165, 1.54) is 16.7 Å². The first-order chi connectivity index (χ1) is 15.4. The van der Waals surface area contributed by atoms with Crippen LogP contribution in [0.5, 0.6) is 5.75 Å². The van der Waals surface area contributed by atoms with Crippen LogP contribution in [0.15, 0.2) is 33.6 Å². The summed E-state index contributed by atoms with van der Waals surface area (Å²) in [7, 11) is 0. The molecule has 0 unspecified atom stereocenters. The highest BCUT2D eigenvalue weighted by molar-refractivity contribution is 6.01. The smallest absolute Gasteiger partial charge is 0.439 e. The summed E-state index contributed by atoms with van der Waals surface area (Å²) in [6, 6.07) is 7.56. The molecule has 0 saturated heterocycles. The molecule has 2 aromatic carbocycles. The number of aromatic hydroxyl groups is 1. The summed E-state index contributed by atoms with van der Waals surface area (Å²) in [6.07, 6.45) is 3.53. The number of hydrogen-bond acceptors (Lipinski definition) is 6. The number of aryl methyl sites for hydroxylation is 2. The van der Waals surface area contributed by atoms with Gasteiger partial charge in [0.25, 0.3) is 5.91 Å². The summed E-state index contributed by atoms with van der Waals surface area (Å²) < 4.78 is 10.3. The van der Waals surface area contributed by atoms with Gasteiger partial charge in [-0.3, -0.25) is 14.3 Å². The molecule has 0 bridgehead atoms. The third-order valence-corrected chi connectivity index (χ3v) is 5.99. The predicted octanol–water partition coefficient (Wildman–Crippen LogP) is 3.94. The Bertz CT molecular complexity index is 1190. The number of nitrogens with one attached hydrogen (secondary N) is 2. The number of phenolic OH excluding ortho intramolecular Hbond substituents is 1. The summed E-state index contributed by atoms with van der Waals surface area (Å²) >= 11 is 0. The molecule has 8 heteroatoms. The Hall–Kier alpha value is -3.39. The molecule has 4 rings (SSSR count). The van der Waals surface area contributed by atoms with Gasteiger partial charge in [-0.15, -0.1) is 0 Å². The van der Waals surface area contributed by atoms with Gasteiger partial charge in [0.1, 0.15) is 5.75 Å². The summed E-state index contributed by atoms with van der Waals surface area (Å²) in [5.41, 5.74) is 7.15. The molecule has 3 aromatic rings. The van der Waals surface area contributed by atoms with Crippen LogP contribution in [0.25, 0.3) is 0 Å². The van der Waals surface area contributed by atoms with E-state index >= 15 is 0 Å². The number of benzene rings is 2. The molecule has 8 nitrogen and oxygen atoms in total. The Morgan fingerprint density at radius 1 is 1.31 bits per heavy atom. The quantitative estimate of drug-likeness (QED) is 0.538. The van der Waals surface area contributed by atoms with Crippen molar-refractivity contribution in [2.75, 3.05) is 11.9 Å². The van der Waals surface area contributed by atoms with E-state index < -0.39 is 11.7 Å². The van der Waals surface area contributed by atoms with Crippen molar-refractivity contribution in [3.05, 3.63) is 74.0 Å². The lowest BCUT2D eigenvalue weighted by atomic mass is 9.83. The first kappa shape index (κ1) is 21.8. The number of carbonyl (C=O) groups excluding carboxylic acids is 1. The van der Waals surface area contributed by atoms with Crippen molar-refractivity contribution in [1.82, 2.24) is 10.1 Å². The molecule has 3 N–H and O–H groups in total. The van der Waals surface area contributed by atoms with Gasteiger partial charge in [0.15, 0.2) is 0 Å². The number of H-pyrrole nitrogens is 1. The summed E-state index contributed by atoms with van der Waals surface area (Å²) in [5, 5.41) is 16.7. The average molecular weight is 437 g/mol. The number of rotatable bonds is 6. The average Bonchev–Trinajstić information content (AvgIpc) is 3.19. The van der Waals surface area contributed by atoms with Gasteiger partial charge in [0.2, 0.25) is 5.82 Å². The topological polar surface area (TPSA) is 117 Å². The minimum atomic E-state index is -0.776. The summed E-state index contributed by atoms with van der Waals surface area (Å²) in [4.78, 5) is 25.6. The van der Waals surface area contributed by atoms with Gasteiger partial charge in [-0.25, -0.2) is 4.79 Å². The van der Waals surface area contributed by atoms with Crippen molar-refractivity contribution in [1.29, 1.82) is 0 Å². The zero-order valence-corrected chi connectivity index (χ0v) is 18.4. The fourth-order valence-corrected chi connectivity index (χ4v) is 4.55. The fraction of sp³-hybridized carbons (Fsp3) is 0.375. The maximum Gasteiger partial charge on any atom is 0.439 e. The molecule has 0 saturated carbocycles. The van der Waals surface area contributed by atoms with Crippen LogP contribution in [0.4, 0.5) is 5.69 Å². The Balaban J connectivity index is 1.61. The number of amides is 1. The Morgan fingerprint density at radius 2 is 2.06 bits per heavy atom. The van der Waals surface area contributed by atoms with Crippen molar-refractivity contribution >= 4 is 11.6 Å². The van der Waals surface area contributed by atoms with Crippen LogP contribution >= 0.6 is 0 Å². The zero-order chi connectivity index (χ0) is 22.8. The van der Waals surface area contributed by atoms with Crippen LogP contribution in [-0.2, 0) is 17.6 Å². The van der Waals surface area contributed by atoms with Crippen LogP contribution < -0.4 is 11.1 Å². The normalized spacial score (nSPS) is 15.4. The second-order valence-electron chi connectivity index (χ2n) is 8.14. The fourth-order valence-electron chi connectivity index (χ4n) is 4.55. The first-order valence-corrected chi connectivity index (χ1v) is 10.8. The molecule has 1 aliphatic carbocycles. The maximum absolute atomic E-state index is 12.3. The van der Waals surface area contributed by atoms with Crippen LogP contribution in [0.3, 0.4) is 0 Å². The highest BCUT2D eigenvalue weighted by atomic mass is 16.5. The van der Waals surface area contributed by atoms with Crippen LogP contribution in [0.2, 0.25) is 0 Å². The molecule has 32 heavy (non-hydrogen) atoms. The molecular weight excluding hydrogens is 410 g/mol. The molecule has 0 radical (unpaired) electrons. The second kappa shape index (κ2) is 9.00. The van der Waals surface area contributed by atoms with Gasteiger partial charge < -0.3 is 15.2 Å². The van der Waals surface area contributed by atoms with Gasteiger partial charge in [0.05, 0.1) is 6.10 Å². The highest BCUT2D eigenvalue weighted by Gasteiger charge is 2.26. The van der Waals surface area contributed by atoms with E-state index in [1.54, 1.807) is 6.07 Å². The molecule has 1 heterocycles. The Kier molecular flexibility index (Phi) is 6.14. The molecule has 1 aliphatic rings. The maximum atomic E-state index is 12.3. The van der Waals surface area contributed by atoms with Crippen molar-refractivity contribution in [3.63, 3.8) is 0 Å². The van der Waals surface area contributed by atoms with Gasteiger partial charge in [0, 0.05) is 17.9 Å².